The first kappa shape index (κ1) is 11.7. The Balaban J connectivity index is 2.95. The number of hydrogen-bond acceptors (Lipinski definition) is 2. The SMILES string of the molecule is NC(CC(=O)O)c1cccc(Cl)c1I. The van der Waals surface area contributed by atoms with Gasteiger partial charge in [-0.25, -0.2) is 0 Å². The number of carboxylic acids is 1. The highest BCUT2D eigenvalue weighted by molar-refractivity contribution is 14.1. The van der Waals surface area contributed by atoms with Crippen LogP contribution in [0.5, 0.6) is 0 Å². The molecule has 1 unspecified atom stereocenters. The van der Waals surface area contributed by atoms with Crippen LogP contribution in [0.2, 0.25) is 5.02 Å². The Morgan fingerprint density at radius 1 is 1.64 bits per heavy atom. The van der Waals surface area contributed by atoms with Crippen LogP contribution in [-0.2, 0) is 4.79 Å². The van der Waals surface area contributed by atoms with Crippen LogP contribution in [0.15, 0.2) is 18.2 Å². The lowest BCUT2D eigenvalue weighted by molar-refractivity contribution is -0.137. The highest BCUT2D eigenvalue weighted by atomic mass is 127. The first-order chi connectivity index (χ1) is 6.52. The van der Waals surface area contributed by atoms with Crippen molar-refractivity contribution in [3.63, 3.8) is 0 Å². The average Bonchev–Trinajstić information content (AvgIpc) is 2.08. The Morgan fingerprint density at radius 3 is 2.86 bits per heavy atom. The van der Waals surface area contributed by atoms with E-state index in [1.165, 1.54) is 0 Å². The molecule has 0 radical (unpaired) electrons. The third-order valence-electron chi connectivity index (χ3n) is 1.78. The summed E-state index contributed by atoms with van der Waals surface area (Å²) < 4.78 is 0.820. The minimum absolute atomic E-state index is 0.0870. The van der Waals surface area contributed by atoms with E-state index < -0.39 is 12.0 Å². The molecule has 3 nitrogen and oxygen atoms in total. The normalized spacial score (nSPS) is 12.5. The van der Waals surface area contributed by atoms with Crippen molar-refractivity contribution < 1.29 is 9.90 Å². The van der Waals surface area contributed by atoms with Gasteiger partial charge in [0.15, 0.2) is 0 Å². The van der Waals surface area contributed by atoms with Crippen LogP contribution >= 0.6 is 34.2 Å². The van der Waals surface area contributed by atoms with E-state index in [0.717, 1.165) is 9.13 Å². The van der Waals surface area contributed by atoms with Gasteiger partial charge in [0.05, 0.1) is 11.4 Å². The van der Waals surface area contributed by atoms with Crippen LogP contribution in [0, 0.1) is 3.57 Å². The lowest BCUT2D eigenvalue weighted by Crippen LogP contribution is -2.16. The van der Waals surface area contributed by atoms with Gasteiger partial charge < -0.3 is 10.8 Å². The van der Waals surface area contributed by atoms with Crippen molar-refractivity contribution in [2.24, 2.45) is 5.73 Å². The Hall–Kier alpha value is -0.330. The summed E-state index contributed by atoms with van der Waals surface area (Å²) in [5, 5.41) is 9.19. The summed E-state index contributed by atoms with van der Waals surface area (Å²) in [6.07, 6.45) is -0.0870. The highest BCUT2D eigenvalue weighted by Gasteiger charge is 2.14. The molecule has 76 valence electrons. The molecule has 1 aromatic carbocycles. The van der Waals surface area contributed by atoms with E-state index in [0.29, 0.717) is 5.02 Å². The topological polar surface area (TPSA) is 63.3 Å². The predicted octanol–water partition coefficient (Wildman–Crippen LogP) is 2.42. The fraction of sp³-hybridized carbons (Fsp3) is 0.222. The van der Waals surface area contributed by atoms with E-state index in [1.54, 1.807) is 18.2 Å². The summed E-state index contributed by atoms with van der Waals surface area (Å²) in [5.74, 6) is -0.909. The first-order valence-electron chi connectivity index (χ1n) is 3.93. The number of carbonyl (C=O) groups is 1. The molecule has 0 heterocycles. The Morgan fingerprint density at radius 2 is 2.29 bits per heavy atom. The number of benzene rings is 1. The van der Waals surface area contributed by atoms with Crippen molar-refractivity contribution in [2.45, 2.75) is 12.5 Å². The smallest absolute Gasteiger partial charge is 0.305 e. The van der Waals surface area contributed by atoms with Crippen LogP contribution in [0.1, 0.15) is 18.0 Å². The summed E-state index contributed by atoms with van der Waals surface area (Å²) in [4.78, 5) is 10.5. The van der Waals surface area contributed by atoms with Crippen LogP contribution in [0.4, 0.5) is 0 Å². The quantitative estimate of drug-likeness (QED) is 0.839. The molecule has 0 saturated heterocycles. The molecule has 1 rings (SSSR count). The summed E-state index contributed by atoms with van der Waals surface area (Å²) in [5.41, 5.74) is 6.50. The second-order valence-electron chi connectivity index (χ2n) is 2.85. The summed E-state index contributed by atoms with van der Waals surface area (Å²) in [6, 6.07) is 4.81. The van der Waals surface area contributed by atoms with Crippen LogP contribution < -0.4 is 5.73 Å². The molecule has 3 N–H and O–H groups in total. The average molecular weight is 326 g/mol. The van der Waals surface area contributed by atoms with Gasteiger partial charge in [-0.2, -0.15) is 0 Å². The van der Waals surface area contributed by atoms with Crippen LogP contribution in [0.25, 0.3) is 0 Å². The molecular formula is C9H9ClINO2. The summed E-state index contributed by atoms with van der Waals surface area (Å²) in [7, 11) is 0. The number of carboxylic acid groups (broad SMARTS) is 1. The summed E-state index contributed by atoms with van der Waals surface area (Å²) >= 11 is 7.95. The molecule has 5 heteroatoms. The number of nitrogens with two attached hydrogens (primary N) is 1. The van der Waals surface area contributed by atoms with Crippen molar-refractivity contribution in [3.8, 4) is 0 Å². The third-order valence-corrected chi connectivity index (χ3v) is 3.61. The molecule has 1 atom stereocenters. The number of halogens is 2. The maximum atomic E-state index is 10.5. The van der Waals surface area contributed by atoms with Gasteiger partial charge in [-0.15, -0.1) is 0 Å². The minimum Gasteiger partial charge on any atom is -0.481 e. The van der Waals surface area contributed by atoms with E-state index in [4.69, 9.17) is 22.4 Å². The Kier molecular flexibility index (Phi) is 4.15. The van der Waals surface area contributed by atoms with Gasteiger partial charge in [0.1, 0.15) is 0 Å². The molecule has 0 aliphatic rings. The van der Waals surface area contributed by atoms with E-state index in [2.05, 4.69) is 22.6 Å². The zero-order valence-electron chi connectivity index (χ0n) is 7.21. The van der Waals surface area contributed by atoms with Crippen LogP contribution in [-0.4, -0.2) is 11.1 Å². The van der Waals surface area contributed by atoms with Crippen molar-refractivity contribution in [3.05, 3.63) is 32.4 Å². The van der Waals surface area contributed by atoms with Gasteiger partial charge in [-0.05, 0) is 34.2 Å². The van der Waals surface area contributed by atoms with E-state index in [9.17, 15) is 4.79 Å². The predicted molar refractivity (Wildman–Crippen MR) is 63.4 cm³/mol. The Bertz CT molecular complexity index is 357. The van der Waals surface area contributed by atoms with Gasteiger partial charge in [0.2, 0.25) is 0 Å². The molecule has 0 amide bonds. The van der Waals surface area contributed by atoms with Gasteiger partial charge >= 0.3 is 5.97 Å². The first-order valence-corrected chi connectivity index (χ1v) is 5.39. The van der Waals surface area contributed by atoms with Gasteiger partial charge in [-0.1, -0.05) is 23.7 Å². The molecule has 0 bridgehead atoms. The fourth-order valence-corrected chi connectivity index (χ4v) is 2.05. The largest absolute Gasteiger partial charge is 0.481 e. The Labute approximate surface area is 100 Å². The highest BCUT2D eigenvalue weighted by Crippen LogP contribution is 2.26. The molecular weight excluding hydrogens is 316 g/mol. The molecule has 0 spiro atoms. The number of aliphatic carboxylic acids is 1. The standard InChI is InChI=1S/C9H9ClINO2/c10-6-3-1-2-5(9(6)11)7(12)4-8(13)14/h1-3,7H,4,12H2,(H,13,14). The van der Waals surface area contributed by atoms with Gasteiger partial charge in [0, 0.05) is 9.61 Å². The maximum Gasteiger partial charge on any atom is 0.305 e. The fourth-order valence-electron chi connectivity index (χ4n) is 1.10. The second-order valence-corrected chi connectivity index (χ2v) is 4.33. The molecule has 0 saturated carbocycles. The zero-order chi connectivity index (χ0) is 10.7. The molecule has 0 aromatic heterocycles. The number of hydrogen-bond donors (Lipinski definition) is 2. The lowest BCUT2D eigenvalue weighted by Gasteiger charge is -2.12. The van der Waals surface area contributed by atoms with E-state index in [-0.39, 0.29) is 6.42 Å². The van der Waals surface area contributed by atoms with E-state index in [1.807, 2.05) is 0 Å². The number of rotatable bonds is 3. The van der Waals surface area contributed by atoms with Crippen molar-refractivity contribution >= 4 is 40.2 Å². The molecule has 0 aliphatic carbocycles. The summed E-state index contributed by atoms with van der Waals surface area (Å²) in [6.45, 7) is 0. The van der Waals surface area contributed by atoms with Crippen molar-refractivity contribution in [1.82, 2.24) is 0 Å². The zero-order valence-corrected chi connectivity index (χ0v) is 10.1. The maximum absolute atomic E-state index is 10.5. The van der Waals surface area contributed by atoms with Crippen molar-refractivity contribution in [2.75, 3.05) is 0 Å². The van der Waals surface area contributed by atoms with E-state index >= 15 is 0 Å². The lowest BCUT2D eigenvalue weighted by atomic mass is 10.1. The molecule has 1 aromatic rings. The molecule has 14 heavy (non-hydrogen) atoms. The molecule has 0 aliphatic heterocycles. The monoisotopic (exact) mass is 325 g/mol. The van der Waals surface area contributed by atoms with Crippen molar-refractivity contribution in [1.29, 1.82) is 0 Å². The molecule has 0 fully saturated rings. The third kappa shape index (κ3) is 2.83. The van der Waals surface area contributed by atoms with Crippen LogP contribution in [0.3, 0.4) is 0 Å². The second kappa shape index (κ2) is 4.95. The minimum atomic E-state index is -0.909. The van der Waals surface area contributed by atoms with Gasteiger partial charge in [0.25, 0.3) is 0 Å². The van der Waals surface area contributed by atoms with Gasteiger partial charge in [-0.3, -0.25) is 4.79 Å².